The molecule has 0 unspecified atom stereocenters. The van der Waals surface area contributed by atoms with E-state index in [4.69, 9.17) is 0 Å². The quantitative estimate of drug-likeness (QED) is 0.671. The van der Waals surface area contributed by atoms with E-state index >= 15 is 0 Å². The van der Waals surface area contributed by atoms with E-state index in [2.05, 4.69) is 12.2 Å². The van der Waals surface area contributed by atoms with Gasteiger partial charge in [0.25, 0.3) is 5.69 Å². The molecule has 2 aliphatic carbocycles. The Hall–Kier alpha value is -1.91. The monoisotopic (exact) mass is 302 g/mol. The fourth-order valence-electron chi connectivity index (χ4n) is 4.33. The molecule has 2 aliphatic rings. The van der Waals surface area contributed by atoms with Crippen molar-refractivity contribution >= 4 is 11.6 Å². The van der Waals surface area contributed by atoms with Crippen molar-refractivity contribution in [3.63, 3.8) is 0 Å². The number of nitrogens with one attached hydrogen (secondary N) is 1. The van der Waals surface area contributed by atoms with E-state index < -0.39 is 4.92 Å². The third kappa shape index (κ3) is 2.98. The Bertz CT molecular complexity index is 587. The second-order valence-corrected chi connectivity index (χ2v) is 6.76. The van der Waals surface area contributed by atoms with Gasteiger partial charge in [-0.2, -0.15) is 0 Å². The molecule has 0 spiro atoms. The summed E-state index contributed by atoms with van der Waals surface area (Å²) in [5, 5.41) is 14.1. The highest BCUT2D eigenvalue weighted by atomic mass is 16.6. The number of hydrogen-bond acceptors (Lipinski definition) is 3. The molecule has 0 saturated heterocycles. The van der Waals surface area contributed by atoms with Crippen LogP contribution in [0.5, 0.6) is 0 Å². The van der Waals surface area contributed by atoms with E-state index in [1.165, 1.54) is 31.7 Å². The lowest BCUT2D eigenvalue weighted by Gasteiger charge is -2.28. The van der Waals surface area contributed by atoms with Crippen LogP contribution in [0.15, 0.2) is 24.3 Å². The maximum absolute atomic E-state index is 12.2. The number of nitro benzene ring substituents is 1. The Kier molecular flexibility index (Phi) is 4.14. The van der Waals surface area contributed by atoms with Crippen molar-refractivity contribution in [1.29, 1.82) is 0 Å². The van der Waals surface area contributed by atoms with E-state index in [9.17, 15) is 14.9 Å². The number of carbonyl (C=O) groups excluding carboxylic acids is 1. The van der Waals surface area contributed by atoms with Gasteiger partial charge in [-0.3, -0.25) is 14.9 Å². The molecule has 4 atom stereocenters. The van der Waals surface area contributed by atoms with Gasteiger partial charge >= 0.3 is 0 Å². The van der Waals surface area contributed by atoms with Gasteiger partial charge in [0.05, 0.1) is 11.3 Å². The van der Waals surface area contributed by atoms with Crippen molar-refractivity contribution in [2.45, 2.75) is 45.1 Å². The third-order valence-corrected chi connectivity index (χ3v) is 5.36. The summed E-state index contributed by atoms with van der Waals surface area (Å²) in [6.07, 6.45) is 5.24. The van der Waals surface area contributed by atoms with Gasteiger partial charge in [0.1, 0.15) is 0 Å². The average Bonchev–Trinajstić information content (AvgIpc) is 3.10. The summed E-state index contributed by atoms with van der Waals surface area (Å²) in [6.45, 7) is 2.07. The van der Waals surface area contributed by atoms with Gasteiger partial charge in [-0.1, -0.05) is 24.6 Å². The highest BCUT2D eigenvalue weighted by Gasteiger charge is 2.42. The van der Waals surface area contributed by atoms with Crippen molar-refractivity contribution in [2.24, 2.45) is 17.8 Å². The first-order valence-electron chi connectivity index (χ1n) is 8.06. The summed E-state index contributed by atoms with van der Waals surface area (Å²) in [4.78, 5) is 22.8. The van der Waals surface area contributed by atoms with E-state index in [1.807, 2.05) is 0 Å². The Labute approximate surface area is 130 Å². The molecule has 2 fully saturated rings. The van der Waals surface area contributed by atoms with Crippen LogP contribution in [-0.4, -0.2) is 16.9 Å². The minimum Gasteiger partial charge on any atom is -0.353 e. The molecule has 1 aromatic carbocycles. The standard InChI is InChI=1S/C17H22N2O3/c1-11(15-9-12-6-7-13(15)8-12)18-17(20)10-14-4-2-3-5-16(14)19(21)22/h2-5,11-13,15H,6-10H2,1H3,(H,18,20)/t11-,12-,13-,15-/m0/s1. The number of hydrogen-bond donors (Lipinski definition) is 1. The largest absolute Gasteiger partial charge is 0.353 e. The Morgan fingerprint density at radius 1 is 1.36 bits per heavy atom. The Balaban J connectivity index is 1.60. The summed E-state index contributed by atoms with van der Waals surface area (Å²) >= 11 is 0. The highest BCUT2D eigenvalue weighted by Crippen LogP contribution is 2.49. The fourth-order valence-corrected chi connectivity index (χ4v) is 4.33. The SMILES string of the molecule is C[C@H](NC(=O)Cc1ccccc1[N+](=O)[O-])[C@@H]1C[C@H]2CC[C@H]1C2. The van der Waals surface area contributed by atoms with Crippen molar-refractivity contribution < 1.29 is 9.72 Å². The van der Waals surface area contributed by atoms with Crippen LogP contribution in [0.1, 0.15) is 38.2 Å². The molecule has 5 heteroatoms. The number of carbonyl (C=O) groups is 1. The van der Waals surface area contributed by atoms with E-state index in [1.54, 1.807) is 18.2 Å². The molecular weight excluding hydrogens is 280 g/mol. The number of para-hydroxylation sites is 1. The van der Waals surface area contributed by atoms with Gasteiger partial charge < -0.3 is 5.32 Å². The summed E-state index contributed by atoms with van der Waals surface area (Å²) in [6, 6.07) is 6.61. The lowest BCUT2D eigenvalue weighted by molar-refractivity contribution is -0.385. The van der Waals surface area contributed by atoms with Crippen LogP contribution in [0.25, 0.3) is 0 Å². The molecule has 3 rings (SSSR count). The predicted molar refractivity (Wildman–Crippen MR) is 83.3 cm³/mol. The highest BCUT2D eigenvalue weighted by molar-refractivity contribution is 5.80. The molecular formula is C17H22N2O3. The molecule has 0 aliphatic heterocycles. The number of fused-ring (bicyclic) bond motifs is 2. The van der Waals surface area contributed by atoms with Gasteiger partial charge in [0.2, 0.25) is 5.91 Å². The van der Waals surface area contributed by atoms with E-state index in [0.717, 1.165) is 11.8 Å². The van der Waals surface area contributed by atoms with Crippen LogP contribution < -0.4 is 5.32 Å². The van der Waals surface area contributed by atoms with E-state index in [0.29, 0.717) is 11.5 Å². The van der Waals surface area contributed by atoms with Gasteiger partial charge in [-0.05, 0) is 43.9 Å². The number of amides is 1. The third-order valence-electron chi connectivity index (χ3n) is 5.36. The molecule has 2 bridgehead atoms. The first kappa shape index (κ1) is 15.0. The first-order chi connectivity index (χ1) is 10.5. The molecule has 1 amide bonds. The lowest BCUT2D eigenvalue weighted by Crippen LogP contribution is -2.40. The van der Waals surface area contributed by atoms with Crippen molar-refractivity contribution in [1.82, 2.24) is 5.32 Å². The fraction of sp³-hybridized carbons (Fsp3) is 0.588. The molecule has 1 N–H and O–H groups in total. The number of nitrogens with zero attached hydrogens (tertiary/aromatic N) is 1. The molecule has 118 valence electrons. The zero-order valence-corrected chi connectivity index (χ0v) is 12.8. The smallest absolute Gasteiger partial charge is 0.273 e. The lowest BCUT2D eigenvalue weighted by atomic mass is 9.84. The maximum Gasteiger partial charge on any atom is 0.273 e. The first-order valence-corrected chi connectivity index (χ1v) is 8.06. The molecule has 22 heavy (non-hydrogen) atoms. The summed E-state index contributed by atoms with van der Waals surface area (Å²) in [5.74, 6) is 2.06. The van der Waals surface area contributed by atoms with Crippen molar-refractivity contribution in [3.05, 3.63) is 39.9 Å². The van der Waals surface area contributed by atoms with E-state index in [-0.39, 0.29) is 24.1 Å². The zero-order valence-electron chi connectivity index (χ0n) is 12.8. The molecule has 5 nitrogen and oxygen atoms in total. The summed E-state index contributed by atoms with van der Waals surface area (Å²) < 4.78 is 0. The minimum absolute atomic E-state index is 0.0187. The van der Waals surface area contributed by atoms with Crippen LogP contribution in [-0.2, 0) is 11.2 Å². The van der Waals surface area contributed by atoms with Crippen LogP contribution in [0, 0.1) is 27.9 Å². The average molecular weight is 302 g/mol. The topological polar surface area (TPSA) is 72.2 Å². The van der Waals surface area contributed by atoms with Gasteiger partial charge in [-0.15, -0.1) is 0 Å². The Morgan fingerprint density at radius 2 is 2.14 bits per heavy atom. The normalized spacial score (nSPS) is 27.6. The zero-order chi connectivity index (χ0) is 15.7. The number of rotatable bonds is 5. The van der Waals surface area contributed by atoms with Crippen molar-refractivity contribution in [3.8, 4) is 0 Å². The number of benzene rings is 1. The second kappa shape index (κ2) is 6.07. The van der Waals surface area contributed by atoms with Crippen molar-refractivity contribution in [2.75, 3.05) is 0 Å². The second-order valence-electron chi connectivity index (χ2n) is 6.76. The van der Waals surface area contributed by atoms with Crippen LogP contribution in [0.4, 0.5) is 5.69 Å². The Morgan fingerprint density at radius 3 is 2.77 bits per heavy atom. The summed E-state index contributed by atoms with van der Waals surface area (Å²) in [5.41, 5.74) is 0.496. The van der Waals surface area contributed by atoms with Crippen LogP contribution in [0.2, 0.25) is 0 Å². The van der Waals surface area contributed by atoms with Gasteiger partial charge in [0, 0.05) is 17.7 Å². The van der Waals surface area contributed by atoms with Gasteiger partial charge in [0.15, 0.2) is 0 Å². The maximum atomic E-state index is 12.2. The van der Waals surface area contributed by atoms with Crippen LogP contribution in [0.3, 0.4) is 0 Å². The minimum atomic E-state index is -0.429. The molecule has 2 saturated carbocycles. The summed E-state index contributed by atoms with van der Waals surface area (Å²) in [7, 11) is 0. The number of nitro groups is 1. The van der Waals surface area contributed by atoms with Crippen LogP contribution >= 0.6 is 0 Å². The van der Waals surface area contributed by atoms with Gasteiger partial charge in [-0.25, -0.2) is 0 Å². The molecule has 1 aromatic rings. The molecule has 0 radical (unpaired) electrons. The molecule has 0 aromatic heterocycles. The predicted octanol–water partition coefficient (Wildman–Crippen LogP) is 3.08. The molecule has 0 heterocycles.